The van der Waals surface area contributed by atoms with Crippen LogP contribution in [0.4, 0.5) is 5.69 Å². The third-order valence-corrected chi connectivity index (χ3v) is 2.37. The predicted octanol–water partition coefficient (Wildman–Crippen LogP) is 4.58. The van der Waals surface area contributed by atoms with Gasteiger partial charge in [0.2, 0.25) is 0 Å². The van der Waals surface area contributed by atoms with Gasteiger partial charge in [0.25, 0.3) is 0 Å². The Morgan fingerprint density at radius 2 is 1.87 bits per heavy atom. The van der Waals surface area contributed by atoms with Crippen LogP contribution in [0, 0.1) is 0 Å². The lowest BCUT2D eigenvalue weighted by Gasteiger charge is -1.99. The highest BCUT2D eigenvalue weighted by Gasteiger charge is 1.85. The molecule has 0 atom stereocenters. The number of nitrogens with one attached hydrogen (secondary N) is 1. The minimum absolute atomic E-state index is 1.15. The van der Waals surface area contributed by atoms with Crippen molar-refractivity contribution in [3.05, 3.63) is 42.6 Å². The molecule has 0 aliphatic rings. The number of rotatable bonds is 7. The van der Waals surface area contributed by atoms with E-state index in [4.69, 9.17) is 0 Å². The highest BCUT2D eigenvalue weighted by atomic mass is 14.8. The van der Waals surface area contributed by atoms with Crippen molar-refractivity contribution in [1.82, 2.24) is 0 Å². The summed E-state index contributed by atoms with van der Waals surface area (Å²) < 4.78 is 0. The summed E-state index contributed by atoms with van der Waals surface area (Å²) in [6, 6.07) is 10.2. The van der Waals surface area contributed by atoms with Crippen molar-refractivity contribution in [2.24, 2.45) is 0 Å². The molecule has 0 bridgehead atoms. The number of anilines is 1. The second kappa shape index (κ2) is 8.10. The largest absolute Gasteiger partial charge is 0.362 e. The summed E-state index contributed by atoms with van der Waals surface area (Å²) in [7, 11) is 0. The van der Waals surface area contributed by atoms with Crippen molar-refractivity contribution in [1.29, 1.82) is 0 Å². The molecule has 1 heteroatoms. The minimum Gasteiger partial charge on any atom is -0.362 e. The smallest absolute Gasteiger partial charge is 0.0379 e. The van der Waals surface area contributed by atoms with E-state index in [0.29, 0.717) is 0 Å². The van der Waals surface area contributed by atoms with Gasteiger partial charge in [0.1, 0.15) is 0 Å². The molecule has 0 saturated heterocycles. The Balaban J connectivity index is 2.07. The Bertz CT molecular complexity index is 264. The normalized spacial score (nSPS) is 10.7. The minimum atomic E-state index is 1.15. The van der Waals surface area contributed by atoms with E-state index < -0.39 is 0 Å². The molecule has 0 saturated carbocycles. The first-order valence-corrected chi connectivity index (χ1v) is 5.90. The van der Waals surface area contributed by atoms with Gasteiger partial charge in [0.05, 0.1) is 0 Å². The average molecular weight is 203 g/mol. The number of para-hydroxylation sites is 1. The topological polar surface area (TPSA) is 12.0 Å². The first-order valence-electron chi connectivity index (χ1n) is 5.90. The van der Waals surface area contributed by atoms with E-state index in [1.54, 1.807) is 0 Å². The quantitative estimate of drug-likeness (QED) is 0.639. The molecule has 0 spiro atoms. The molecule has 1 N–H and O–H groups in total. The average Bonchev–Trinajstić information content (AvgIpc) is 2.29. The van der Waals surface area contributed by atoms with Crippen molar-refractivity contribution in [2.75, 3.05) is 5.32 Å². The highest BCUT2D eigenvalue weighted by molar-refractivity contribution is 5.44. The fourth-order valence-corrected chi connectivity index (χ4v) is 1.46. The molecule has 0 fully saturated rings. The number of allylic oxidation sites excluding steroid dienone is 1. The molecule has 1 rings (SSSR count). The first kappa shape index (κ1) is 11.8. The Hall–Kier alpha value is -1.24. The first-order chi connectivity index (χ1) is 7.43. The molecule has 1 aromatic carbocycles. The van der Waals surface area contributed by atoms with Crippen molar-refractivity contribution < 1.29 is 0 Å². The van der Waals surface area contributed by atoms with Gasteiger partial charge < -0.3 is 5.32 Å². The van der Waals surface area contributed by atoms with Gasteiger partial charge in [-0.25, -0.2) is 0 Å². The maximum Gasteiger partial charge on any atom is 0.0379 e. The zero-order valence-electron chi connectivity index (χ0n) is 9.58. The van der Waals surface area contributed by atoms with Gasteiger partial charge in [-0.3, -0.25) is 0 Å². The zero-order chi connectivity index (χ0) is 10.8. The summed E-state index contributed by atoms with van der Waals surface area (Å²) in [6.45, 7) is 2.24. The predicted molar refractivity (Wildman–Crippen MR) is 68.0 cm³/mol. The van der Waals surface area contributed by atoms with Gasteiger partial charge in [-0.05, 0) is 31.2 Å². The van der Waals surface area contributed by atoms with Crippen LogP contribution in [0.5, 0.6) is 0 Å². The Labute approximate surface area is 93.2 Å². The molecule has 15 heavy (non-hydrogen) atoms. The van der Waals surface area contributed by atoms with Gasteiger partial charge in [0, 0.05) is 5.69 Å². The number of unbranched alkanes of at least 4 members (excludes halogenated alkanes) is 4. The van der Waals surface area contributed by atoms with Crippen molar-refractivity contribution in [3.63, 3.8) is 0 Å². The second-order valence-electron chi connectivity index (χ2n) is 3.76. The van der Waals surface area contributed by atoms with Crippen LogP contribution in [0.25, 0.3) is 0 Å². The maximum absolute atomic E-state index is 3.25. The van der Waals surface area contributed by atoms with E-state index in [1.807, 2.05) is 24.4 Å². The van der Waals surface area contributed by atoms with E-state index in [1.165, 1.54) is 32.1 Å². The second-order valence-corrected chi connectivity index (χ2v) is 3.76. The van der Waals surface area contributed by atoms with Crippen LogP contribution in [-0.4, -0.2) is 0 Å². The van der Waals surface area contributed by atoms with Crippen LogP contribution in [0.15, 0.2) is 42.6 Å². The van der Waals surface area contributed by atoms with Crippen molar-refractivity contribution >= 4 is 5.69 Å². The van der Waals surface area contributed by atoms with Gasteiger partial charge in [-0.1, -0.05) is 50.5 Å². The summed E-state index contributed by atoms with van der Waals surface area (Å²) in [6.07, 6.45) is 10.8. The van der Waals surface area contributed by atoms with E-state index in [2.05, 4.69) is 30.4 Å². The summed E-state index contributed by atoms with van der Waals surface area (Å²) in [5.74, 6) is 0. The summed E-state index contributed by atoms with van der Waals surface area (Å²) in [5, 5.41) is 3.25. The van der Waals surface area contributed by atoms with Crippen LogP contribution in [0.3, 0.4) is 0 Å². The maximum atomic E-state index is 3.25. The molecule has 0 unspecified atom stereocenters. The lowest BCUT2D eigenvalue weighted by atomic mass is 10.1. The molecule has 0 aliphatic heterocycles. The van der Waals surface area contributed by atoms with Gasteiger partial charge >= 0.3 is 0 Å². The number of hydrogen-bond acceptors (Lipinski definition) is 1. The van der Waals surface area contributed by atoms with Crippen molar-refractivity contribution in [2.45, 2.75) is 39.0 Å². The van der Waals surface area contributed by atoms with Crippen LogP contribution < -0.4 is 5.32 Å². The van der Waals surface area contributed by atoms with Crippen LogP contribution in [0.2, 0.25) is 0 Å². The molecule has 0 aliphatic carbocycles. The summed E-state index contributed by atoms with van der Waals surface area (Å²) in [4.78, 5) is 0. The monoisotopic (exact) mass is 203 g/mol. The lowest BCUT2D eigenvalue weighted by molar-refractivity contribution is 0.674. The standard InChI is InChI=1S/C14H21N/c1-2-3-4-5-6-10-13-15-14-11-8-7-9-12-14/h7-13,15H,2-6H2,1H3/b13-10+. The molecular formula is C14H21N. The summed E-state index contributed by atoms with van der Waals surface area (Å²) in [5.41, 5.74) is 1.15. The molecule has 1 nitrogen and oxygen atoms in total. The molecule has 0 aromatic heterocycles. The SMILES string of the molecule is CCCCCC/C=C/Nc1ccccc1. The van der Waals surface area contributed by atoms with Gasteiger partial charge in [-0.2, -0.15) is 0 Å². The Kier molecular flexibility index (Phi) is 6.39. The molecule has 82 valence electrons. The van der Waals surface area contributed by atoms with Gasteiger partial charge in [0.15, 0.2) is 0 Å². The van der Waals surface area contributed by atoms with E-state index in [0.717, 1.165) is 5.69 Å². The molecular weight excluding hydrogens is 182 g/mol. The van der Waals surface area contributed by atoms with Crippen LogP contribution in [0.1, 0.15) is 39.0 Å². The molecule has 1 aromatic rings. The fourth-order valence-electron chi connectivity index (χ4n) is 1.46. The summed E-state index contributed by atoms with van der Waals surface area (Å²) >= 11 is 0. The molecule has 0 amide bonds. The molecule has 0 heterocycles. The van der Waals surface area contributed by atoms with Crippen molar-refractivity contribution in [3.8, 4) is 0 Å². The Morgan fingerprint density at radius 3 is 2.60 bits per heavy atom. The number of hydrogen-bond donors (Lipinski definition) is 1. The third-order valence-electron chi connectivity index (χ3n) is 2.37. The highest BCUT2D eigenvalue weighted by Crippen LogP contribution is 2.06. The van der Waals surface area contributed by atoms with E-state index in [-0.39, 0.29) is 0 Å². The Morgan fingerprint density at radius 1 is 1.07 bits per heavy atom. The lowest BCUT2D eigenvalue weighted by Crippen LogP contribution is -1.85. The third kappa shape index (κ3) is 5.95. The zero-order valence-corrected chi connectivity index (χ0v) is 9.58. The van der Waals surface area contributed by atoms with Crippen LogP contribution in [-0.2, 0) is 0 Å². The van der Waals surface area contributed by atoms with Crippen LogP contribution >= 0.6 is 0 Å². The van der Waals surface area contributed by atoms with E-state index in [9.17, 15) is 0 Å². The van der Waals surface area contributed by atoms with E-state index >= 15 is 0 Å². The molecule has 0 radical (unpaired) electrons. The fraction of sp³-hybridized carbons (Fsp3) is 0.429. The van der Waals surface area contributed by atoms with Gasteiger partial charge in [-0.15, -0.1) is 0 Å². The number of benzene rings is 1.